The number of hydrogen-bond donors (Lipinski definition) is 1. The first-order chi connectivity index (χ1) is 11.4. The van der Waals surface area contributed by atoms with E-state index in [2.05, 4.69) is 9.14 Å². The Hall–Kier alpha value is -2.65. The summed E-state index contributed by atoms with van der Waals surface area (Å²) in [7, 11) is -3.85. The van der Waals surface area contributed by atoms with E-state index in [0.717, 1.165) is 0 Å². The van der Waals surface area contributed by atoms with Gasteiger partial charge in [-0.15, -0.1) is 0 Å². The van der Waals surface area contributed by atoms with Crippen LogP contribution in [-0.2, 0) is 23.1 Å². The fourth-order valence-electron chi connectivity index (χ4n) is 2.33. The summed E-state index contributed by atoms with van der Waals surface area (Å²) in [5.41, 5.74) is -0.550. The van der Waals surface area contributed by atoms with E-state index in [-0.39, 0.29) is 16.8 Å². The van der Waals surface area contributed by atoms with E-state index in [1.807, 2.05) is 0 Å². The maximum absolute atomic E-state index is 12.3. The van der Waals surface area contributed by atoms with Crippen LogP contribution in [0.4, 0.5) is 0 Å². The van der Waals surface area contributed by atoms with Gasteiger partial charge in [0.15, 0.2) is 0 Å². The minimum atomic E-state index is -3.85. The number of hydrogen-bond acceptors (Lipinski definition) is 6. The van der Waals surface area contributed by atoms with Crippen LogP contribution in [0.3, 0.4) is 0 Å². The minimum absolute atomic E-state index is 0.0174. The molecule has 0 bridgehead atoms. The van der Waals surface area contributed by atoms with Gasteiger partial charge >= 0.3 is 11.4 Å². The molecule has 2 heterocycles. The summed E-state index contributed by atoms with van der Waals surface area (Å²) in [6.07, 6.45) is 1.44. The first-order valence-electron chi connectivity index (χ1n) is 7.12. The standard InChI is InChI=1S/C15H14N2O6S/c1-2-17-13-6-5-11(8-12(13)14(18)23-15(17)19)24(20,21)16-9-10-4-3-7-22-10/h3-8,16H,2,9H2,1H3. The number of furan rings is 1. The van der Waals surface area contributed by atoms with E-state index >= 15 is 0 Å². The molecule has 2 aromatic heterocycles. The van der Waals surface area contributed by atoms with Crippen LogP contribution in [0.2, 0.25) is 0 Å². The van der Waals surface area contributed by atoms with Gasteiger partial charge in [0.25, 0.3) is 0 Å². The molecule has 0 radical (unpaired) electrons. The minimum Gasteiger partial charge on any atom is -0.468 e. The first kappa shape index (κ1) is 16.2. The van der Waals surface area contributed by atoms with Crippen LogP contribution >= 0.6 is 0 Å². The number of sulfonamides is 1. The summed E-state index contributed by atoms with van der Waals surface area (Å²) in [6.45, 7) is 1.99. The smallest absolute Gasteiger partial charge is 0.422 e. The predicted octanol–water partition coefficient (Wildman–Crippen LogP) is 1.05. The second-order valence-electron chi connectivity index (χ2n) is 4.98. The highest BCUT2D eigenvalue weighted by atomic mass is 32.2. The Bertz CT molecular complexity index is 1090. The number of aromatic nitrogens is 1. The maximum Gasteiger partial charge on any atom is 0.422 e. The predicted molar refractivity (Wildman–Crippen MR) is 85.2 cm³/mol. The molecule has 9 heteroatoms. The molecule has 0 amide bonds. The first-order valence-corrected chi connectivity index (χ1v) is 8.60. The normalized spacial score (nSPS) is 11.9. The van der Waals surface area contributed by atoms with Gasteiger partial charge in [-0.05, 0) is 37.3 Å². The van der Waals surface area contributed by atoms with Crippen LogP contribution < -0.4 is 16.1 Å². The highest BCUT2D eigenvalue weighted by Gasteiger charge is 2.17. The average molecular weight is 350 g/mol. The van der Waals surface area contributed by atoms with Gasteiger partial charge in [0.1, 0.15) is 5.76 Å². The molecule has 0 aliphatic heterocycles. The molecular formula is C15H14N2O6S. The monoisotopic (exact) mass is 350 g/mol. The maximum atomic E-state index is 12.3. The number of nitrogens with zero attached hydrogens (tertiary/aromatic N) is 1. The fraction of sp³-hybridized carbons (Fsp3) is 0.200. The van der Waals surface area contributed by atoms with Crippen LogP contribution in [-0.4, -0.2) is 13.0 Å². The van der Waals surface area contributed by atoms with Gasteiger partial charge in [0.05, 0.1) is 28.6 Å². The zero-order valence-corrected chi connectivity index (χ0v) is 13.5. The van der Waals surface area contributed by atoms with Crippen LogP contribution in [0, 0.1) is 0 Å². The molecule has 0 spiro atoms. The van der Waals surface area contributed by atoms with Gasteiger partial charge in [-0.1, -0.05) is 0 Å². The van der Waals surface area contributed by atoms with Crippen LogP contribution in [0.15, 0.2) is 59.9 Å². The lowest BCUT2D eigenvalue weighted by atomic mass is 10.2. The van der Waals surface area contributed by atoms with Gasteiger partial charge in [-0.3, -0.25) is 4.57 Å². The Balaban J connectivity index is 2.04. The molecule has 126 valence electrons. The second-order valence-corrected chi connectivity index (χ2v) is 6.75. The summed E-state index contributed by atoms with van der Waals surface area (Å²) in [5, 5.41) is 0.0253. The van der Waals surface area contributed by atoms with Crippen molar-refractivity contribution in [3.63, 3.8) is 0 Å². The molecule has 3 rings (SSSR count). The fourth-order valence-corrected chi connectivity index (χ4v) is 3.35. The van der Waals surface area contributed by atoms with Crippen molar-refractivity contribution in [3.8, 4) is 0 Å². The molecule has 3 aromatic rings. The third kappa shape index (κ3) is 2.91. The third-order valence-corrected chi connectivity index (χ3v) is 4.92. The van der Waals surface area contributed by atoms with Gasteiger partial charge < -0.3 is 8.83 Å². The zero-order chi connectivity index (χ0) is 17.3. The van der Waals surface area contributed by atoms with Gasteiger partial charge in [-0.25, -0.2) is 22.7 Å². The lowest BCUT2D eigenvalue weighted by Crippen LogP contribution is -2.26. The highest BCUT2D eigenvalue weighted by molar-refractivity contribution is 7.89. The van der Waals surface area contributed by atoms with E-state index in [4.69, 9.17) is 4.42 Å². The summed E-state index contributed by atoms with van der Waals surface area (Å²) < 4.78 is 38.0. The molecule has 8 nitrogen and oxygen atoms in total. The molecule has 1 aromatic carbocycles. The quantitative estimate of drug-likeness (QED) is 0.736. The molecule has 0 unspecified atom stereocenters. The van der Waals surface area contributed by atoms with Crippen molar-refractivity contribution in [3.05, 3.63) is 63.3 Å². The van der Waals surface area contributed by atoms with Crippen molar-refractivity contribution >= 4 is 20.9 Å². The Kier molecular flexibility index (Phi) is 4.12. The Labute approximate surface area is 136 Å². The van der Waals surface area contributed by atoms with Gasteiger partial charge in [0, 0.05) is 6.54 Å². The topological polar surface area (TPSA) is 112 Å². The third-order valence-electron chi connectivity index (χ3n) is 3.52. The largest absolute Gasteiger partial charge is 0.468 e. The average Bonchev–Trinajstić information content (AvgIpc) is 3.06. The number of nitrogens with one attached hydrogen (secondary N) is 1. The SMILES string of the molecule is CCn1c(=O)oc(=O)c2cc(S(=O)(=O)NCc3ccco3)ccc21. The molecule has 0 fully saturated rings. The van der Waals surface area contributed by atoms with E-state index in [1.165, 1.54) is 29.0 Å². The number of rotatable bonds is 5. The summed E-state index contributed by atoms with van der Waals surface area (Å²) in [4.78, 5) is 23.4. The van der Waals surface area contributed by atoms with Gasteiger partial charge in [-0.2, -0.15) is 0 Å². The van der Waals surface area contributed by atoms with Crippen molar-refractivity contribution in [2.45, 2.75) is 24.9 Å². The van der Waals surface area contributed by atoms with E-state index in [0.29, 0.717) is 17.8 Å². The molecule has 24 heavy (non-hydrogen) atoms. The molecule has 0 saturated heterocycles. The van der Waals surface area contributed by atoms with Crippen molar-refractivity contribution in [2.75, 3.05) is 0 Å². The van der Waals surface area contributed by atoms with Crippen LogP contribution in [0.1, 0.15) is 12.7 Å². The summed E-state index contributed by atoms with van der Waals surface area (Å²) in [6, 6.07) is 7.22. The number of fused-ring (bicyclic) bond motifs is 1. The van der Waals surface area contributed by atoms with Crippen LogP contribution in [0.25, 0.3) is 10.9 Å². The summed E-state index contributed by atoms with van der Waals surface area (Å²) in [5.74, 6) is -0.319. The summed E-state index contributed by atoms with van der Waals surface area (Å²) >= 11 is 0. The molecule has 0 atom stereocenters. The Morgan fingerprint density at radius 2 is 2.00 bits per heavy atom. The molecule has 0 aliphatic rings. The zero-order valence-electron chi connectivity index (χ0n) is 12.7. The molecule has 0 aliphatic carbocycles. The van der Waals surface area contributed by atoms with E-state index in [1.54, 1.807) is 19.1 Å². The lowest BCUT2D eigenvalue weighted by molar-refractivity contribution is 0.421. The lowest BCUT2D eigenvalue weighted by Gasteiger charge is -2.08. The Morgan fingerprint density at radius 3 is 2.67 bits per heavy atom. The van der Waals surface area contributed by atoms with Crippen LogP contribution in [0.5, 0.6) is 0 Å². The van der Waals surface area contributed by atoms with Crippen molar-refractivity contribution in [2.24, 2.45) is 0 Å². The van der Waals surface area contributed by atoms with E-state index < -0.39 is 21.4 Å². The van der Waals surface area contributed by atoms with Crippen molar-refractivity contribution < 1.29 is 17.3 Å². The molecular weight excluding hydrogens is 336 g/mol. The highest BCUT2D eigenvalue weighted by Crippen LogP contribution is 2.16. The van der Waals surface area contributed by atoms with E-state index in [9.17, 15) is 18.0 Å². The van der Waals surface area contributed by atoms with Gasteiger partial charge in [0.2, 0.25) is 10.0 Å². The second kappa shape index (κ2) is 6.10. The Morgan fingerprint density at radius 1 is 1.21 bits per heavy atom. The molecule has 1 N–H and O–H groups in total. The number of aryl methyl sites for hydroxylation is 1. The number of benzene rings is 1. The van der Waals surface area contributed by atoms with Crippen molar-refractivity contribution in [1.29, 1.82) is 0 Å². The van der Waals surface area contributed by atoms with Crippen molar-refractivity contribution in [1.82, 2.24) is 9.29 Å². The molecule has 0 saturated carbocycles.